The second kappa shape index (κ2) is 28.1. The number of nitro groups is 2. The predicted octanol–water partition coefficient (Wildman–Crippen LogP) is 10.8. The standard InChI is InChI=1S/C29H27N3O4.C21H20N2O.C8H7NO3.I3/c33-29(22-9-6-10-23(17-22)32(34)35)20-31(19-21-7-2-1-3-8-21)15-16-36-24-13-14-26-25-11-4-5-12-27(25)30-28(26)18-24;1-2-6-16(7-3-1)15-22-12-13-24-17-10-11-19-18-8-4-5-9-20(18)23-21(19)14-17;10-9(11)7-3-1-2-6(4-7)8-5-12-8;1-3-2/h1-14,17-18,29-30,33H,15-16,19-20H2;1-11,14,22-23H,12-13,15H2;1-4,8H,5H2;/q;;;-1. The minimum atomic E-state index is -0.865. The Hall–Kier alpha value is -6.21. The molecule has 1 aliphatic heterocycles. The van der Waals surface area contributed by atoms with Crippen LogP contribution < -0.4 is 28.0 Å². The number of aliphatic hydroxyl groups is 1. The number of rotatable bonds is 18. The number of halogens is 3. The molecular formula is C58H54I3N6O8-. The minimum absolute atomic E-state index is 0.0307. The van der Waals surface area contributed by atoms with E-state index in [9.17, 15) is 25.3 Å². The number of para-hydroxylation sites is 2. The van der Waals surface area contributed by atoms with Crippen molar-refractivity contribution in [3.8, 4) is 11.5 Å². The van der Waals surface area contributed by atoms with Crippen LogP contribution >= 0.6 is 37.2 Å². The number of nitrogens with one attached hydrogen (secondary N) is 3. The largest absolute Gasteiger partial charge is 0.492 e. The molecule has 0 radical (unpaired) electrons. The van der Waals surface area contributed by atoms with Gasteiger partial charge < -0.3 is 34.6 Å². The smallest absolute Gasteiger partial charge is 0.269 e. The molecule has 0 amide bonds. The van der Waals surface area contributed by atoms with Gasteiger partial charge in [-0.2, -0.15) is 0 Å². The van der Waals surface area contributed by atoms with Crippen LogP contribution in [0.25, 0.3) is 43.6 Å². The summed E-state index contributed by atoms with van der Waals surface area (Å²) in [6, 6.07) is 62.0. The Bertz CT molecular complexity index is 3430. The maximum atomic E-state index is 11.1. The number of nitro benzene ring substituents is 2. The zero-order chi connectivity index (χ0) is 52.4. The second-order valence-electron chi connectivity index (χ2n) is 17.4. The van der Waals surface area contributed by atoms with Crippen LogP contribution in [0.2, 0.25) is 0 Å². The van der Waals surface area contributed by atoms with Crippen LogP contribution in [0.4, 0.5) is 11.4 Å². The number of aromatic nitrogens is 2. The maximum absolute atomic E-state index is 11.1. The Morgan fingerprint density at radius 1 is 0.627 bits per heavy atom. The number of fused-ring (bicyclic) bond motifs is 6. The number of hydrogen-bond donors (Lipinski definition) is 4. The summed E-state index contributed by atoms with van der Waals surface area (Å²) in [7, 11) is 0. The first kappa shape index (κ1) is 55.0. The quantitative estimate of drug-likeness (QED) is 0.0212. The van der Waals surface area contributed by atoms with E-state index in [0.29, 0.717) is 58.3 Å². The van der Waals surface area contributed by atoms with E-state index >= 15 is 0 Å². The van der Waals surface area contributed by atoms with Gasteiger partial charge in [-0.15, -0.1) is 0 Å². The monoisotopic (exact) mass is 1340 g/mol. The number of epoxide rings is 1. The van der Waals surface area contributed by atoms with E-state index in [1.165, 1.54) is 39.9 Å². The number of hydrogen-bond acceptors (Lipinski definition) is 10. The molecule has 3 heterocycles. The zero-order valence-corrected chi connectivity index (χ0v) is 47.0. The first-order valence-corrected chi connectivity index (χ1v) is 36.7. The fourth-order valence-corrected chi connectivity index (χ4v) is 8.56. The molecule has 75 heavy (non-hydrogen) atoms. The SMILES string of the molecule is I[I-]I.O=[N+]([O-])c1cccc(C(O)CN(CCOc2ccc3c(c2)[nH]c2ccccc23)Cc2ccccc2)c1.O=[N+]([O-])c1cccc(C2CO2)c1.c1ccc(CNCCOc2ccc3c(c2)[nH]c2ccccc23)cc1. The summed E-state index contributed by atoms with van der Waals surface area (Å²) in [6.07, 6.45) is -0.777. The molecule has 1 fully saturated rings. The van der Waals surface area contributed by atoms with Gasteiger partial charge in [0.05, 0.1) is 33.6 Å². The van der Waals surface area contributed by atoms with E-state index in [0.717, 1.165) is 63.2 Å². The van der Waals surface area contributed by atoms with Gasteiger partial charge in [-0.05, 0) is 58.7 Å². The van der Waals surface area contributed by atoms with Gasteiger partial charge in [-0.3, -0.25) is 25.1 Å². The van der Waals surface area contributed by atoms with Crippen molar-refractivity contribution in [2.24, 2.45) is 0 Å². The van der Waals surface area contributed by atoms with Gasteiger partial charge in [0.15, 0.2) is 0 Å². The molecule has 0 spiro atoms. The van der Waals surface area contributed by atoms with E-state index in [4.69, 9.17) is 14.2 Å². The second-order valence-corrected chi connectivity index (χ2v) is 33.7. The number of benzene rings is 8. The van der Waals surface area contributed by atoms with Crippen molar-refractivity contribution in [3.05, 3.63) is 237 Å². The number of aromatic amines is 2. The van der Waals surface area contributed by atoms with Gasteiger partial charge in [-0.1, -0.05) is 121 Å². The van der Waals surface area contributed by atoms with Crippen LogP contribution in [-0.2, 0) is 17.8 Å². The van der Waals surface area contributed by atoms with Crippen molar-refractivity contribution < 1.29 is 42.4 Å². The van der Waals surface area contributed by atoms with E-state index in [1.807, 2.05) is 78.9 Å². The van der Waals surface area contributed by atoms with Crippen molar-refractivity contribution in [1.29, 1.82) is 0 Å². The number of ether oxygens (including phenoxy) is 3. The zero-order valence-electron chi connectivity index (χ0n) is 40.6. The molecule has 17 heteroatoms. The number of aliphatic hydroxyl groups excluding tert-OH is 1. The molecule has 2 unspecified atom stereocenters. The van der Waals surface area contributed by atoms with E-state index in [2.05, 4.69) is 130 Å². The Kier molecular flexibility index (Phi) is 20.6. The third-order valence-corrected chi connectivity index (χ3v) is 12.3. The summed E-state index contributed by atoms with van der Waals surface area (Å²) in [5.41, 5.74) is 8.31. The van der Waals surface area contributed by atoms with Gasteiger partial charge in [0.1, 0.15) is 30.8 Å². The normalized spacial score (nSPS) is 13.0. The summed E-state index contributed by atoms with van der Waals surface area (Å²) < 4.78 is 17.0. The summed E-state index contributed by atoms with van der Waals surface area (Å²) >= 11 is 5.30. The van der Waals surface area contributed by atoms with E-state index in [-0.39, 0.29) is 17.5 Å². The first-order valence-electron chi connectivity index (χ1n) is 24.1. The Morgan fingerprint density at radius 3 is 1.71 bits per heavy atom. The molecule has 0 saturated carbocycles. The molecule has 0 bridgehead atoms. The van der Waals surface area contributed by atoms with Crippen molar-refractivity contribution in [2.45, 2.75) is 25.3 Å². The molecule has 2 aromatic heterocycles. The van der Waals surface area contributed by atoms with Crippen molar-refractivity contribution in [2.75, 3.05) is 39.5 Å². The Morgan fingerprint density at radius 2 is 1.13 bits per heavy atom. The summed E-state index contributed by atoms with van der Waals surface area (Å²) in [6.45, 7) is 4.97. The molecule has 10 aromatic rings. The molecule has 4 N–H and O–H groups in total. The maximum Gasteiger partial charge on any atom is 0.269 e. The Labute approximate surface area is 463 Å². The molecule has 8 aromatic carbocycles. The topological polar surface area (TPSA) is 184 Å². The first-order chi connectivity index (χ1) is 36.6. The van der Waals surface area contributed by atoms with Crippen molar-refractivity contribution in [1.82, 2.24) is 20.2 Å². The fraction of sp³-hybridized carbons (Fsp3) is 0.172. The molecule has 14 nitrogen and oxygen atoms in total. The molecular weight excluding hydrogens is 1290 g/mol. The molecule has 11 rings (SSSR count). The van der Waals surface area contributed by atoms with Gasteiger partial charge in [0.2, 0.25) is 0 Å². The number of non-ortho nitro benzene ring substituents is 2. The third kappa shape index (κ3) is 16.1. The average Bonchev–Trinajstić information content (AvgIpc) is 4.14. The van der Waals surface area contributed by atoms with Crippen molar-refractivity contribution in [3.63, 3.8) is 0 Å². The van der Waals surface area contributed by atoms with E-state index < -0.39 is 16.0 Å². The van der Waals surface area contributed by atoms with Crippen LogP contribution in [0.1, 0.15) is 34.5 Å². The average molecular weight is 1340 g/mol. The van der Waals surface area contributed by atoms with Crippen LogP contribution in [0.15, 0.2) is 194 Å². The molecule has 386 valence electrons. The van der Waals surface area contributed by atoms with Crippen LogP contribution in [-0.4, -0.2) is 69.3 Å². The molecule has 1 saturated heterocycles. The summed E-state index contributed by atoms with van der Waals surface area (Å²) in [5.74, 6) is 1.67. The van der Waals surface area contributed by atoms with Crippen LogP contribution in [0, 0.1) is 20.2 Å². The fourth-order valence-electron chi connectivity index (χ4n) is 8.56. The number of H-pyrrole nitrogens is 2. The van der Waals surface area contributed by atoms with Crippen molar-refractivity contribution >= 4 is 92.2 Å². The Balaban J connectivity index is 0.000000163. The van der Waals surface area contributed by atoms with Gasteiger partial charge in [0.25, 0.3) is 11.4 Å². The van der Waals surface area contributed by atoms with Crippen LogP contribution in [0.3, 0.4) is 0 Å². The van der Waals surface area contributed by atoms with Gasteiger partial charge in [0, 0.05) is 102 Å². The molecule has 2 atom stereocenters. The predicted molar refractivity (Wildman–Crippen MR) is 310 cm³/mol. The minimum Gasteiger partial charge on any atom is -0.492 e. The summed E-state index contributed by atoms with van der Waals surface area (Å²) in [4.78, 5) is 29.6. The third-order valence-electron chi connectivity index (χ3n) is 12.3. The van der Waals surface area contributed by atoms with E-state index in [1.54, 1.807) is 24.3 Å². The number of nitrogens with zero attached hydrogens (tertiary/aromatic N) is 3. The molecule has 1 aliphatic rings. The van der Waals surface area contributed by atoms with Crippen LogP contribution in [0.5, 0.6) is 11.5 Å². The van der Waals surface area contributed by atoms with Gasteiger partial charge >= 0.3 is 50.5 Å². The van der Waals surface area contributed by atoms with Gasteiger partial charge in [-0.25, -0.2) is 0 Å². The molecule has 0 aliphatic carbocycles. The summed E-state index contributed by atoms with van der Waals surface area (Å²) in [5, 5.41) is 40.6.